The molecule has 1 aromatic heterocycles. The second-order valence-corrected chi connectivity index (χ2v) is 6.19. The fourth-order valence-electron chi connectivity index (χ4n) is 3.36. The average Bonchev–Trinajstić information content (AvgIpc) is 3.20. The summed E-state index contributed by atoms with van der Waals surface area (Å²) < 4.78 is 0. The first-order valence-electron chi connectivity index (χ1n) is 8.25. The van der Waals surface area contributed by atoms with Crippen molar-refractivity contribution in [2.45, 2.75) is 0 Å². The zero-order chi connectivity index (χ0) is 17.7. The van der Waals surface area contributed by atoms with Gasteiger partial charge in [-0.2, -0.15) is 0 Å². The maximum atomic E-state index is 12.6. The highest BCUT2D eigenvalue weighted by Gasteiger charge is 2.27. The van der Waals surface area contributed by atoms with Crippen LogP contribution in [0, 0.1) is 0 Å². The molecule has 0 atom stereocenters. The van der Waals surface area contributed by atoms with Crippen LogP contribution in [-0.4, -0.2) is 21.7 Å². The number of benzene rings is 3. The number of nitrogens with one attached hydrogen (secondary N) is 2. The summed E-state index contributed by atoms with van der Waals surface area (Å²) in [6.45, 7) is 0. The number of carbonyl (C=O) groups is 2. The average molecular weight is 339 g/mol. The lowest BCUT2D eigenvalue weighted by Gasteiger charge is -2.04. The molecule has 5 heteroatoms. The number of anilines is 1. The number of nitrogens with zero attached hydrogens (tertiary/aromatic N) is 1. The van der Waals surface area contributed by atoms with Crippen LogP contribution in [-0.2, 0) is 0 Å². The number of H-pyrrole nitrogens is 1. The predicted molar refractivity (Wildman–Crippen MR) is 99.4 cm³/mol. The summed E-state index contributed by atoms with van der Waals surface area (Å²) in [7, 11) is 0. The molecule has 2 N–H and O–H groups in total. The molecule has 0 spiro atoms. The van der Waals surface area contributed by atoms with Gasteiger partial charge in [-0.05, 0) is 35.4 Å². The van der Waals surface area contributed by atoms with Crippen molar-refractivity contribution >= 4 is 28.7 Å². The molecule has 5 rings (SSSR count). The zero-order valence-electron chi connectivity index (χ0n) is 13.6. The maximum absolute atomic E-state index is 12.6. The van der Waals surface area contributed by atoms with Crippen LogP contribution < -0.4 is 5.32 Å². The van der Waals surface area contributed by atoms with E-state index in [1.165, 1.54) is 0 Å². The first kappa shape index (κ1) is 14.6. The number of fused-ring (bicyclic) bond motifs is 4. The molecule has 0 radical (unpaired) electrons. The number of aromatic amines is 1. The van der Waals surface area contributed by atoms with Gasteiger partial charge in [0.15, 0.2) is 5.78 Å². The normalized spacial score (nSPS) is 12.1. The highest BCUT2D eigenvalue weighted by molar-refractivity contribution is 6.22. The molecular formula is C21H13N3O2. The van der Waals surface area contributed by atoms with Crippen molar-refractivity contribution in [2.24, 2.45) is 0 Å². The lowest BCUT2D eigenvalue weighted by molar-refractivity contribution is 0.102. The Balaban J connectivity index is 1.48. The van der Waals surface area contributed by atoms with Crippen LogP contribution in [0.2, 0.25) is 0 Å². The minimum absolute atomic E-state index is 0.0472. The maximum Gasteiger partial charge on any atom is 0.257 e. The molecule has 1 aliphatic rings. The Morgan fingerprint density at radius 1 is 0.846 bits per heavy atom. The van der Waals surface area contributed by atoms with Crippen molar-refractivity contribution < 1.29 is 9.59 Å². The molecule has 0 bridgehead atoms. The Bertz CT molecular complexity index is 1170. The third-order valence-corrected chi connectivity index (χ3v) is 4.61. The van der Waals surface area contributed by atoms with Gasteiger partial charge in [0, 0.05) is 16.7 Å². The van der Waals surface area contributed by atoms with Crippen molar-refractivity contribution in [2.75, 3.05) is 5.32 Å². The van der Waals surface area contributed by atoms with Crippen LogP contribution in [0.15, 0.2) is 66.7 Å². The zero-order valence-corrected chi connectivity index (χ0v) is 13.6. The van der Waals surface area contributed by atoms with E-state index in [1.807, 2.05) is 54.6 Å². The molecule has 26 heavy (non-hydrogen) atoms. The van der Waals surface area contributed by atoms with Crippen LogP contribution in [0.4, 0.5) is 5.95 Å². The fraction of sp³-hybridized carbons (Fsp3) is 0. The number of imidazole rings is 1. The second kappa shape index (κ2) is 5.39. The molecule has 3 aromatic carbocycles. The van der Waals surface area contributed by atoms with Crippen LogP contribution in [0.1, 0.15) is 26.3 Å². The predicted octanol–water partition coefficient (Wildman–Crippen LogP) is 4.03. The number of hydrogen-bond donors (Lipinski definition) is 2. The third kappa shape index (κ3) is 2.14. The Labute approximate surface area is 148 Å². The molecule has 0 fully saturated rings. The van der Waals surface area contributed by atoms with Crippen LogP contribution in [0.25, 0.3) is 22.2 Å². The number of ketones is 1. The first-order chi connectivity index (χ1) is 12.7. The molecule has 0 unspecified atom stereocenters. The van der Waals surface area contributed by atoms with Crippen LogP contribution >= 0.6 is 0 Å². The molecule has 5 nitrogen and oxygen atoms in total. The van der Waals surface area contributed by atoms with Gasteiger partial charge in [0.25, 0.3) is 5.91 Å². The number of carbonyl (C=O) groups excluding carboxylic acids is 2. The van der Waals surface area contributed by atoms with Crippen molar-refractivity contribution in [1.29, 1.82) is 0 Å². The summed E-state index contributed by atoms with van der Waals surface area (Å²) >= 11 is 0. The van der Waals surface area contributed by atoms with E-state index in [-0.39, 0.29) is 11.7 Å². The number of para-hydroxylation sites is 2. The Morgan fingerprint density at radius 2 is 1.58 bits per heavy atom. The standard InChI is InChI=1S/C21H13N3O2/c25-19-15-6-2-1-5-13(15)14-10-9-12(11-16(14)19)20(26)24-21-22-17-7-3-4-8-18(17)23-21/h1-11H,(H2,22,23,24,26). The molecule has 4 aromatic rings. The van der Waals surface area contributed by atoms with E-state index in [0.29, 0.717) is 22.6 Å². The SMILES string of the molecule is O=C(Nc1nc2ccccc2[nH]1)c1ccc2c(c1)C(=O)c1ccccc1-2. The van der Waals surface area contributed by atoms with E-state index in [0.717, 1.165) is 22.2 Å². The second-order valence-electron chi connectivity index (χ2n) is 6.19. The summed E-state index contributed by atoms with van der Waals surface area (Å²) in [4.78, 5) is 32.6. The Morgan fingerprint density at radius 3 is 2.42 bits per heavy atom. The summed E-state index contributed by atoms with van der Waals surface area (Å²) in [6, 6.07) is 20.2. The number of amides is 1. The van der Waals surface area contributed by atoms with E-state index >= 15 is 0 Å². The monoisotopic (exact) mass is 339 g/mol. The molecule has 0 saturated carbocycles. The molecule has 0 aliphatic heterocycles. The highest BCUT2D eigenvalue weighted by Crippen LogP contribution is 2.36. The summed E-state index contributed by atoms with van der Waals surface area (Å²) in [5.74, 6) is 0.0240. The van der Waals surface area contributed by atoms with Gasteiger partial charge in [-0.15, -0.1) is 0 Å². The van der Waals surface area contributed by atoms with E-state index < -0.39 is 0 Å². The number of rotatable bonds is 2. The van der Waals surface area contributed by atoms with Crippen molar-refractivity contribution in [3.63, 3.8) is 0 Å². The fourth-order valence-corrected chi connectivity index (χ4v) is 3.36. The molecule has 124 valence electrons. The lowest BCUT2D eigenvalue weighted by atomic mass is 10.0. The minimum Gasteiger partial charge on any atom is -0.324 e. The molecule has 1 heterocycles. The van der Waals surface area contributed by atoms with Gasteiger partial charge in [0.1, 0.15) is 0 Å². The van der Waals surface area contributed by atoms with Gasteiger partial charge in [-0.25, -0.2) is 4.98 Å². The summed E-state index contributed by atoms with van der Waals surface area (Å²) in [5.41, 5.74) is 5.07. The van der Waals surface area contributed by atoms with Gasteiger partial charge in [-0.1, -0.05) is 42.5 Å². The highest BCUT2D eigenvalue weighted by atomic mass is 16.2. The van der Waals surface area contributed by atoms with E-state index in [4.69, 9.17) is 0 Å². The minimum atomic E-state index is -0.310. The van der Waals surface area contributed by atoms with Gasteiger partial charge < -0.3 is 4.98 Å². The first-order valence-corrected chi connectivity index (χ1v) is 8.25. The number of hydrogen-bond acceptors (Lipinski definition) is 3. The summed E-state index contributed by atoms with van der Waals surface area (Å²) in [5, 5.41) is 2.76. The molecular weight excluding hydrogens is 326 g/mol. The largest absolute Gasteiger partial charge is 0.324 e. The van der Waals surface area contributed by atoms with E-state index in [9.17, 15) is 9.59 Å². The number of aromatic nitrogens is 2. The summed E-state index contributed by atoms with van der Waals surface area (Å²) in [6.07, 6.45) is 0. The van der Waals surface area contributed by atoms with Crippen LogP contribution in [0.5, 0.6) is 0 Å². The van der Waals surface area contributed by atoms with Crippen molar-refractivity contribution in [3.8, 4) is 11.1 Å². The topological polar surface area (TPSA) is 74.8 Å². The van der Waals surface area contributed by atoms with E-state index in [1.54, 1.807) is 12.1 Å². The van der Waals surface area contributed by atoms with E-state index in [2.05, 4.69) is 15.3 Å². The van der Waals surface area contributed by atoms with Gasteiger partial charge in [-0.3, -0.25) is 14.9 Å². The van der Waals surface area contributed by atoms with Gasteiger partial charge >= 0.3 is 0 Å². The Hall–Kier alpha value is -3.73. The molecule has 1 aliphatic carbocycles. The van der Waals surface area contributed by atoms with Gasteiger partial charge in [0.2, 0.25) is 5.95 Å². The van der Waals surface area contributed by atoms with Crippen molar-refractivity contribution in [3.05, 3.63) is 83.4 Å². The lowest BCUT2D eigenvalue weighted by Crippen LogP contribution is -2.13. The van der Waals surface area contributed by atoms with Gasteiger partial charge in [0.05, 0.1) is 11.0 Å². The quantitative estimate of drug-likeness (QED) is 0.510. The Kier molecular flexibility index (Phi) is 3.03. The van der Waals surface area contributed by atoms with Crippen molar-refractivity contribution in [1.82, 2.24) is 9.97 Å². The van der Waals surface area contributed by atoms with Crippen LogP contribution in [0.3, 0.4) is 0 Å². The molecule has 1 amide bonds. The third-order valence-electron chi connectivity index (χ3n) is 4.61. The smallest absolute Gasteiger partial charge is 0.257 e. The molecule has 0 saturated heterocycles.